The molecule has 1 aliphatic heterocycles. The smallest absolute Gasteiger partial charge is 0.322 e. The summed E-state index contributed by atoms with van der Waals surface area (Å²) in [5, 5.41) is 12.7. The van der Waals surface area contributed by atoms with E-state index >= 15 is 0 Å². The van der Waals surface area contributed by atoms with Crippen LogP contribution in [0.2, 0.25) is 0 Å². The number of nitrogens with zero attached hydrogens (tertiary/aromatic N) is 1. The molecule has 3 rings (SSSR count). The van der Waals surface area contributed by atoms with Gasteiger partial charge in [-0.05, 0) is 23.8 Å². The summed E-state index contributed by atoms with van der Waals surface area (Å²) in [7, 11) is 0. The number of rotatable bonds is 4. The van der Waals surface area contributed by atoms with Crippen molar-refractivity contribution in [2.75, 3.05) is 31.6 Å². The molecule has 2 aromatic carbocycles. The maximum atomic E-state index is 13.8. The van der Waals surface area contributed by atoms with Gasteiger partial charge >= 0.3 is 6.03 Å². The Morgan fingerprint density at radius 3 is 2.88 bits per heavy atom. The highest BCUT2D eigenvalue weighted by Crippen LogP contribution is 2.30. The minimum absolute atomic E-state index is 0.233. The van der Waals surface area contributed by atoms with Gasteiger partial charge in [0.25, 0.3) is 0 Å². The average molecular weight is 376 g/mol. The van der Waals surface area contributed by atoms with Crippen molar-refractivity contribution in [3.8, 4) is 0 Å². The van der Waals surface area contributed by atoms with Gasteiger partial charge in [-0.3, -0.25) is 0 Å². The standard InChI is InChI=1S/C19H21FN2O3S/c20-16-6-2-1-5-14(16)13-26-18-8-4-3-7-17(18)21-19(24)22-9-10-25-12-15(23)11-22/h1-8,15,23H,9-13H2,(H,21,24)/t15-/m1/s1. The molecule has 138 valence electrons. The summed E-state index contributed by atoms with van der Waals surface area (Å²) in [5.41, 5.74) is 1.28. The Kier molecular flexibility index (Phi) is 6.49. The molecule has 1 saturated heterocycles. The number of ether oxygens (including phenoxy) is 1. The summed E-state index contributed by atoms with van der Waals surface area (Å²) in [5.74, 6) is 0.232. The second-order valence-electron chi connectivity index (χ2n) is 5.98. The van der Waals surface area contributed by atoms with Crippen LogP contribution in [0.3, 0.4) is 0 Å². The fraction of sp³-hybridized carbons (Fsp3) is 0.316. The number of carbonyl (C=O) groups is 1. The van der Waals surface area contributed by atoms with Crippen LogP contribution in [0.15, 0.2) is 53.4 Å². The van der Waals surface area contributed by atoms with Crippen molar-refractivity contribution in [1.82, 2.24) is 4.90 Å². The fourth-order valence-corrected chi connectivity index (χ4v) is 3.63. The Balaban J connectivity index is 1.66. The molecular formula is C19H21FN2O3S. The molecule has 1 heterocycles. The van der Waals surface area contributed by atoms with Crippen molar-refractivity contribution < 1.29 is 19.0 Å². The number of β-amino-alcohol motifs (C(OH)–C–C–N with tert-alkyl or cyclic N) is 1. The van der Waals surface area contributed by atoms with Crippen LogP contribution >= 0.6 is 11.8 Å². The highest BCUT2D eigenvalue weighted by molar-refractivity contribution is 7.98. The fourth-order valence-electron chi connectivity index (χ4n) is 2.64. The lowest BCUT2D eigenvalue weighted by Crippen LogP contribution is -2.40. The van der Waals surface area contributed by atoms with Gasteiger partial charge in [-0.1, -0.05) is 30.3 Å². The van der Waals surface area contributed by atoms with Crippen LogP contribution in [-0.2, 0) is 10.5 Å². The van der Waals surface area contributed by atoms with Crippen molar-refractivity contribution in [2.24, 2.45) is 0 Å². The molecule has 0 spiro atoms. The molecule has 1 fully saturated rings. The lowest BCUT2D eigenvalue weighted by molar-refractivity contribution is 0.0575. The number of carbonyl (C=O) groups excluding carboxylic acids is 1. The molecule has 0 bridgehead atoms. The topological polar surface area (TPSA) is 61.8 Å². The first-order valence-electron chi connectivity index (χ1n) is 8.40. The maximum absolute atomic E-state index is 13.8. The molecule has 26 heavy (non-hydrogen) atoms. The van der Waals surface area contributed by atoms with Crippen LogP contribution in [0.5, 0.6) is 0 Å². The Bertz CT molecular complexity index is 759. The van der Waals surface area contributed by atoms with Gasteiger partial charge in [0, 0.05) is 17.2 Å². The van der Waals surface area contributed by atoms with E-state index in [4.69, 9.17) is 4.74 Å². The third-order valence-electron chi connectivity index (χ3n) is 4.00. The number of aliphatic hydroxyl groups is 1. The SMILES string of the molecule is O=C(Nc1ccccc1SCc1ccccc1F)N1CCOC[C@H](O)C1. The molecule has 1 atom stereocenters. The number of para-hydroxylation sites is 1. The van der Waals surface area contributed by atoms with Gasteiger partial charge in [0.15, 0.2) is 0 Å². The van der Waals surface area contributed by atoms with Crippen molar-refractivity contribution in [3.63, 3.8) is 0 Å². The summed E-state index contributed by atoms with van der Waals surface area (Å²) >= 11 is 1.46. The largest absolute Gasteiger partial charge is 0.389 e. The number of benzene rings is 2. The first-order valence-corrected chi connectivity index (χ1v) is 9.39. The van der Waals surface area contributed by atoms with E-state index in [0.717, 1.165) is 4.90 Å². The van der Waals surface area contributed by atoms with E-state index in [2.05, 4.69) is 5.32 Å². The van der Waals surface area contributed by atoms with Crippen LogP contribution in [-0.4, -0.2) is 48.4 Å². The zero-order valence-corrected chi connectivity index (χ0v) is 15.0. The van der Waals surface area contributed by atoms with Gasteiger partial charge in [0.2, 0.25) is 0 Å². The van der Waals surface area contributed by atoms with Crippen LogP contribution in [0.1, 0.15) is 5.56 Å². The van der Waals surface area contributed by atoms with E-state index in [0.29, 0.717) is 30.2 Å². The van der Waals surface area contributed by atoms with E-state index < -0.39 is 6.10 Å². The highest BCUT2D eigenvalue weighted by Gasteiger charge is 2.21. The van der Waals surface area contributed by atoms with Crippen LogP contribution < -0.4 is 5.32 Å². The number of thioether (sulfide) groups is 1. The van der Waals surface area contributed by atoms with Crippen molar-refractivity contribution in [3.05, 3.63) is 59.9 Å². The van der Waals surface area contributed by atoms with E-state index in [1.54, 1.807) is 18.2 Å². The average Bonchev–Trinajstić information content (AvgIpc) is 2.87. The Morgan fingerprint density at radius 2 is 2.04 bits per heavy atom. The molecule has 0 saturated carbocycles. The highest BCUT2D eigenvalue weighted by atomic mass is 32.2. The minimum Gasteiger partial charge on any atom is -0.389 e. The van der Waals surface area contributed by atoms with E-state index in [9.17, 15) is 14.3 Å². The van der Waals surface area contributed by atoms with E-state index in [-0.39, 0.29) is 25.0 Å². The number of aliphatic hydroxyl groups excluding tert-OH is 1. The molecular weight excluding hydrogens is 355 g/mol. The number of hydrogen-bond donors (Lipinski definition) is 2. The summed E-state index contributed by atoms with van der Waals surface area (Å²) < 4.78 is 19.0. The summed E-state index contributed by atoms with van der Waals surface area (Å²) in [4.78, 5) is 14.9. The van der Waals surface area contributed by atoms with Gasteiger partial charge in [-0.25, -0.2) is 9.18 Å². The second-order valence-corrected chi connectivity index (χ2v) is 7.00. The third-order valence-corrected chi connectivity index (χ3v) is 5.13. The predicted molar refractivity (Wildman–Crippen MR) is 99.8 cm³/mol. The molecule has 2 aromatic rings. The monoisotopic (exact) mass is 376 g/mol. The van der Waals surface area contributed by atoms with Crippen LogP contribution in [0.4, 0.5) is 14.9 Å². The summed E-state index contributed by atoms with van der Waals surface area (Å²) in [6.45, 7) is 1.29. The zero-order chi connectivity index (χ0) is 18.4. The number of amides is 2. The molecule has 0 aromatic heterocycles. The lowest BCUT2D eigenvalue weighted by atomic mass is 10.2. The quantitative estimate of drug-likeness (QED) is 0.804. The number of halogens is 1. The summed E-state index contributed by atoms with van der Waals surface area (Å²) in [6.07, 6.45) is -0.686. The molecule has 0 unspecified atom stereocenters. The van der Waals surface area contributed by atoms with Crippen molar-refractivity contribution in [2.45, 2.75) is 16.8 Å². The number of urea groups is 1. The first-order chi connectivity index (χ1) is 12.6. The molecule has 1 aliphatic rings. The lowest BCUT2D eigenvalue weighted by Gasteiger charge is -2.22. The Hall–Kier alpha value is -2.09. The minimum atomic E-state index is -0.686. The maximum Gasteiger partial charge on any atom is 0.322 e. The van der Waals surface area contributed by atoms with Crippen molar-refractivity contribution >= 4 is 23.5 Å². The Morgan fingerprint density at radius 1 is 1.27 bits per heavy atom. The van der Waals surface area contributed by atoms with E-state index in [1.807, 2.05) is 24.3 Å². The van der Waals surface area contributed by atoms with E-state index in [1.165, 1.54) is 22.7 Å². The molecule has 0 radical (unpaired) electrons. The second kappa shape index (κ2) is 9.02. The van der Waals surface area contributed by atoms with Gasteiger partial charge in [-0.2, -0.15) is 0 Å². The van der Waals surface area contributed by atoms with Crippen LogP contribution in [0, 0.1) is 5.82 Å². The van der Waals surface area contributed by atoms with Gasteiger partial charge in [0.1, 0.15) is 5.82 Å². The summed E-state index contributed by atoms with van der Waals surface area (Å²) in [6, 6.07) is 13.8. The van der Waals surface area contributed by atoms with Gasteiger partial charge < -0.3 is 20.1 Å². The normalized spacial score (nSPS) is 17.6. The third kappa shape index (κ3) is 4.97. The zero-order valence-electron chi connectivity index (χ0n) is 14.2. The molecule has 7 heteroatoms. The number of nitrogens with one attached hydrogen (secondary N) is 1. The molecule has 0 aliphatic carbocycles. The van der Waals surface area contributed by atoms with Gasteiger partial charge in [0.05, 0.1) is 31.5 Å². The van der Waals surface area contributed by atoms with Crippen LogP contribution in [0.25, 0.3) is 0 Å². The Labute approximate surface area is 156 Å². The number of hydrogen-bond acceptors (Lipinski definition) is 4. The van der Waals surface area contributed by atoms with Crippen molar-refractivity contribution in [1.29, 1.82) is 0 Å². The van der Waals surface area contributed by atoms with Gasteiger partial charge in [-0.15, -0.1) is 11.8 Å². The molecule has 2 N–H and O–H groups in total. The first kappa shape index (κ1) is 18.7. The molecule has 5 nitrogen and oxygen atoms in total. The predicted octanol–water partition coefficient (Wildman–Crippen LogP) is 3.34. The number of anilines is 1. The molecule has 2 amide bonds.